The lowest BCUT2D eigenvalue weighted by Crippen LogP contribution is -2.31. The highest BCUT2D eigenvalue weighted by Crippen LogP contribution is 2.26. The van der Waals surface area contributed by atoms with Crippen LogP contribution in [0, 0.1) is 0 Å². The van der Waals surface area contributed by atoms with Gasteiger partial charge < -0.3 is 19.2 Å². The van der Waals surface area contributed by atoms with Gasteiger partial charge in [0.1, 0.15) is 11.3 Å². The lowest BCUT2D eigenvalue weighted by Gasteiger charge is -2.14. The molecule has 0 fully saturated rings. The number of benzene rings is 2. The number of ketones is 1. The van der Waals surface area contributed by atoms with Gasteiger partial charge in [-0.2, -0.15) is 0 Å². The highest BCUT2D eigenvalue weighted by molar-refractivity contribution is 6.04. The Morgan fingerprint density at radius 3 is 2.62 bits per heavy atom. The van der Waals surface area contributed by atoms with Crippen molar-refractivity contribution in [1.82, 2.24) is 0 Å². The number of hydrogen-bond donors (Lipinski definition) is 1. The predicted octanol–water partition coefficient (Wildman–Crippen LogP) is 3.76. The molecule has 2 aromatic carbocycles. The number of carbonyl (C=O) groups excluding carboxylic acids is 3. The number of methoxy groups -OCH3 is 1. The Kier molecular flexibility index (Phi) is 5.97. The third kappa shape index (κ3) is 4.63. The molecule has 0 saturated heterocycles. The van der Waals surface area contributed by atoms with E-state index in [1.807, 2.05) is 0 Å². The van der Waals surface area contributed by atoms with Crippen LogP contribution in [0.5, 0.6) is 5.75 Å². The molecule has 0 aliphatic rings. The van der Waals surface area contributed by atoms with Gasteiger partial charge >= 0.3 is 5.97 Å². The minimum atomic E-state index is -1.03. The first kappa shape index (κ1) is 20.1. The number of rotatable bonds is 7. The summed E-state index contributed by atoms with van der Waals surface area (Å²) in [5.41, 5.74) is 2.02. The number of nitrogens with one attached hydrogen (secondary N) is 1. The summed E-state index contributed by atoms with van der Waals surface area (Å²) >= 11 is 0. The average molecular weight is 395 g/mol. The first-order valence-corrected chi connectivity index (χ1v) is 9.03. The molecule has 7 heteroatoms. The standard InChI is InChI=1S/C22H21NO6/c1-13(24)17-6-4-5-7-19(17)23-22(26)14(2)29-21(25)10-15-12-28-20-11-16(27-3)8-9-18(15)20/h4-9,11-12,14H,10H2,1-3H3,(H,23,26). The number of amides is 1. The van der Waals surface area contributed by atoms with Gasteiger partial charge in [-0.1, -0.05) is 12.1 Å². The largest absolute Gasteiger partial charge is 0.497 e. The van der Waals surface area contributed by atoms with Crippen molar-refractivity contribution in [3.8, 4) is 5.75 Å². The van der Waals surface area contributed by atoms with Crippen LogP contribution in [0.1, 0.15) is 29.8 Å². The maximum absolute atomic E-state index is 12.4. The van der Waals surface area contributed by atoms with Gasteiger partial charge in [0.2, 0.25) is 0 Å². The minimum absolute atomic E-state index is 0.0407. The molecule has 150 valence electrons. The fraction of sp³-hybridized carbons (Fsp3) is 0.227. The van der Waals surface area contributed by atoms with Crippen LogP contribution in [0.25, 0.3) is 11.0 Å². The molecule has 0 aliphatic carbocycles. The van der Waals surface area contributed by atoms with E-state index in [-0.39, 0.29) is 12.2 Å². The molecule has 1 atom stereocenters. The summed E-state index contributed by atoms with van der Waals surface area (Å²) in [4.78, 5) is 36.3. The normalized spacial score (nSPS) is 11.7. The van der Waals surface area contributed by atoms with Crippen molar-refractivity contribution >= 4 is 34.3 Å². The number of furan rings is 1. The van der Waals surface area contributed by atoms with Crippen LogP contribution >= 0.6 is 0 Å². The third-order valence-electron chi connectivity index (χ3n) is 4.44. The van der Waals surface area contributed by atoms with Gasteiger partial charge in [0.25, 0.3) is 5.91 Å². The maximum atomic E-state index is 12.4. The second-order valence-electron chi connectivity index (χ2n) is 6.52. The second-order valence-corrected chi connectivity index (χ2v) is 6.52. The van der Waals surface area contributed by atoms with Gasteiger partial charge in [0.15, 0.2) is 11.9 Å². The zero-order chi connectivity index (χ0) is 21.0. The molecule has 29 heavy (non-hydrogen) atoms. The summed E-state index contributed by atoms with van der Waals surface area (Å²) in [6.45, 7) is 2.89. The van der Waals surface area contributed by atoms with Gasteiger partial charge in [0.05, 0.1) is 25.5 Å². The fourth-order valence-corrected chi connectivity index (χ4v) is 2.91. The number of esters is 1. The summed E-state index contributed by atoms with van der Waals surface area (Å²) in [6.07, 6.45) is 0.418. The molecule has 7 nitrogen and oxygen atoms in total. The Morgan fingerprint density at radius 1 is 1.14 bits per heavy atom. The first-order valence-electron chi connectivity index (χ1n) is 9.03. The van der Waals surface area contributed by atoms with Gasteiger partial charge in [-0.05, 0) is 38.1 Å². The number of anilines is 1. The summed E-state index contributed by atoms with van der Waals surface area (Å²) < 4.78 is 15.9. The van der Waals surface area contributed by atoms with Gasteiger partial charge in [-0.25, -0.2) is 0 Å². The van der Waals surface area contributed by atoms with E-state index in [2.05, 4.69) is 5.32 Å². The number of fused-ring (bicyclic) bond motifs is 1. The predicted molar refractivity (Wildman–Crippen MR) is 107 cm³/mol. The van der Waals surface area contributed by atoms with Crippen molar-refractivity contribution in [2.24, 2.45) is 0 Å². The van der Waals surface area contributed by atoms with Crippen LogP contribution < -0.4 is 10.1 Å². The number of carbonyl (C=O) groups is 3. The highest BCUT2D eigenvalue weighted by Gasteiger charge is 2.21. The van der Waals surface area contributed by atoms with E-state index in [4.69, 9.17) is 13.9 Å². The summed E-state index contributed by atoms with van der Waals surface area (Å²) in [6, 6.07) is 12.0. The second kappa shape index (κ2) is 8.60. The van der Waals surface area contributed by atoms with Gasteiger partial charge in [0, 0.05) is 22.6 Å². The number of para-hydroxylation sites is 1. The maximum Gasteiger partial charge on any atom is 0.311 e. The number of Topliss-reactive ketones (excluding diaryl/α,β-unsaturated/α-hetero) is 1. The zero-order valence-electron chi connectivity index (χ0n) is 16.4. The summed E-state index contributed by atoms with van der Waals surface area (Å²) in [7, 11) is 1.56. The van der Waals surface area contributed by atoms with Gasteiger partial charge in [-0.3, -0.25) is 14.4 Å². The van der Waals surface area contributed by atoms with Crippen molar-refractivity contribution in [3.63, 3.8) is 0 Å². The molecule has 3 aromatic rings. The molecule has 1 unspecified atom stereocenters. The van der Waals surface area contributed by atoms with E-state index < -0.39 is 18.0 Å². The van der Waals surface area contributed by atoms with E-state index in [1.165, 1.54) is 20.1 Å². The third-order valence-corrected chi connectivity index (χ3v) is 4.44. The van der Waals surface area contributed by atoms with Crippen LogP contribution in [-0.4, -0.2) is 30.9 Å². The summed E-state index contributed by atoms with van der Waals surface area (Å²) in [5.74, 6) is -0.606. The van der Waals surface area contributed by atoms with Crippen molar-refractivity contribution in [3.05, 3.63) is 59.9 Å². The van der Waals surface area contributed by atoms with E-state index >= 15 is 0 Å². The lowest BCUT2D eigenvalue weighted by molar-refractivity contribution is -0.152. The molecule has 0 spiro atoms. The SMILES string of the molecule is COc1ccc2c(CC(=O)OC(C)C(=O)Nc3ccccc3C(C)=O)coc2c1. The van der Waals surface area contributed by atoms with Crippen LogP contribution in [-0.2, 0) is 20.7 Å². The van der Waals surface area contributed by atoms with E-state index in [0.717, 1.165) is 5.39 Å². The van der Waals surface area contributed by atoms with Crippen molar-refractivity contribution in [1.29, 1.82) is 0 Å². The Labute approximate surface area is 167 Å². The van der Waals surface area contributed by atoms with Crippen molar-refractivity contribution in [2.75, 3.05) is 12.4 Å². The molecule has 0 bridgehead atoms. The van der Waals surface area contributed by atoms with E-state index in [0.29, 0.717) is 28.1 Å². The molecule has 0 aliphatic heterocycles. The Morgan fingerprint density at radius 2 is 1.90 bits per heavy atom. The lowest BCUT2D eigenvalue weighted by atomic mass is 10.1. The molecule has 0 radical (unpaired) electrons. The van der Waals surface area contributed by atoms with Crippen molar-refractivity contribution < 1.29 is 28.3 Å². The topological polar surface area (TPSA) is 94.8 Å². The zero-order valence-corrected chi connectivity index (χ0v) is 16.4. The minimum Gasteiger partial charge on any atom is -0.497 e. The Hall–Kier alpha value is -3.61. The monoisotopic (exact) mass is 395 g/mol. The molecule has 1 aromatic heterocycles. The average Bonchev–Trinajstić information content (AvgIpc) is 3.09. The van der Waals surface area contributed by atoms with Crippen LogP contribution in [0.4, 0.5) is 5.69 Å². The Balaban J connectivity index is 1.63. The van der Waals surface area contributed by atoms with Crippen LogP contribution in [0.3, 0.4) is 0 Å². The Bertz CT molecular complexity index is 1070. The molecular formula is C22H21NO6. The highest BCUT2D eigenvalue weighted by atomic mass is 16.5. The molecule has 1 amide bonds. The fourth-order valence-electron chi connectivity index (χ4n) is 2.91. The number of ether oxygens (including phenoxy) is 2. The molecule has 0 saturated carbocycles. The van der Waals surface area contributed by atoms with E-state index in [1.54, 1.807) is 49.6 Å². The van der Waals surface area contributed by atoms with Crippen molar-refractivity contribution in [2.45, 2.75) is 26.4 Å². The molecule has 1 heterocycles. The van der Waals surface area contributed by atoms with Gasteiger partial charge in [-0.15, -0.1) is 0 Å². The van der Waals surface area contributed by atoms with Crippen LogP contribution in [0.15, 0.2) is 53.1 Å². The molecular weight excluding hydrogens is 374 g/mol. The first-order chi connectivity index (χ1) is 13.9. The smallest absolute Gasteiger partial charge is 0.311 e. The molecule has 3 rings (SSSR count). The number of hydrogen-bond acceptors (Lipinski definition) is 6. The molecule has 1 N–H and O–H groups in total. The quantitative estimate of drug-likeness (QED) is 0.484. The van der Waals surface area contributed by atoms with E-state index in [9.17, 15) is 14.4 Å². The summed E-state index contributed by atoms with van der Waals surface area (Å²) in [5, 5.41) is 3.40. The van der Waals surface area contributed by atoms with Crippen LogP contribution in [0.2, 0.25) is 0 Å².